The van der Waals surface area contributed by atoms with Crippen LogP contribution >= 0.6 is 0 Å². The van der Waals surface area contributed by atoms with Crippen molar-refractivity contribution in [2.45, 2.75) is 24.7 Å². The fourth-order valence-electron chi connectivity index (χ4n) is 8.13. The van der Waals surface area contributed by atoms with Gasteiger partial charge in [-0.2, -0.15) is 0 Å². The van der Waals surface area contributed by atoms with Gasteiger partial charge in [-0.05, 0) is 47.4 Å². The van der Waals surface area contributed by atoms with Crippen molar-refractivity contribution >= 4 is 39.8 Å². The Morgan fingerprint density at radius 2 is 1.43 bits per heavy atom. The molecule has 5 heterocycles. The molecular weight excluding hydrogens is 540 g/mol. The van der Waals surface area contributed by atoms with E-state index in [1.165, 1.54) is 33.8 Å². The van der Waals surface area contributed by atoms with E-state index >= 15 is 0 Å². The Hall–Kier alpha value is -5.36. The zero-order chi connectivity index (χ0) is 29.4. The quantitative estimate of drug-likeness (QED) is 0.214. The van der Waals surface area contributed by atoms with Crippen molar-refractivity contribution in [1.82, 2.24) is 9.97 Å². The number of para-hydroxylation sites is 3. The third-order valence-corrected chi connectivity index (χ3v) is 9.88. The zero-order valence-electron chi connectivity index (χ0n) is 24.5. The van der Waals surface area contributed by atoms with Crippen LogP contribution in [0.25, 0.3) is 11.3 Å². The summed E-state index contributed by atoms with van der Waals surface area (Å²) in [6.07, 6.45) is 6.86. The monoisotopic (exact) mass is 572 g/mol. The maximum absolute atomic E-state index is 4.84. The largest absolute Gasteiger partial charge is 0.337 e. The average molecular weight is 573 g/mol. The van der Waals surface area contributed by atoms with Crippen LogP contribution in [0, 0.1) is 5.92 Å². The standard InChI is InChI=1S/C38H32N6/c1-25-21-30-29-18-10-11-19-31(29)42-23-34(26-13-5-3-6-14-26)43(27-15-7-4-8-16-27)38(42)35(30)37-41(2)36-33(22-39-24-40-36)44(37)32-20-12-9-17-28(25)32/h3-20,22-24,30,35,37-38H,1,21H2,2H3. The van der Waals surface area contributed by atoms with Crippen molar-refractivity contribution in [1.29, 1.82) is 0 Å². The molecule has 0 saturated carbocycles. The summed E-state index contributed by atoms with van der Waals surface area (Å²) >= 11 is 0. The Labute approximate surface area is 257 Å². The molecule has 4 aromatic carbocycles. The fraction of sp³-hybridized carbons (Fsp3) is 0.158. The topological polar surface area (TPSA) is 38.7 Å². The number of fused-ring (bicyclic) bond motifs is 12. The van der Waals surface area contributed by atoms with Gasteiger partial charge in [0.1, 0.15) is 24.3 Å². The normalized spacial score (nSPS) is 23.0. The lowest BCUT2D eigenvalue weighted by Gasteiger charge is -2.53. The Bertz CT molecular complexity index is 1940. The Morgan fingerprint density at radius 1 is 0.727 bits per heavy atom. The van der Waals surface area contributed by atoms with Crippen LogP contribution in [-0.2, 0) is 0 Å². The first-order valence-electron chi connectivity index (χ1n) is 15.3. The highest BCUT2D eigenvalue weighted by molar-refractivity contribution is 5.91. The summed E-state index contributed by atoms with van der Waals surface area (Å²) in [7, 11) is 2.20. The molecule has 214 valence electrons. The first-order valence-corrected chi connectivity index (χ1v) is 15.3. The lowest BCUT2D eigenvalue weighted by Crippen LogP contribution is -2.60. The summed E-state index contributed by atoms with van der Waals surface area (Å²) in [6, 6.07) is 39.3. The number of aromatic nitrogens is 2. The van der Waals surface area contributed by atoms with Crippen LogP contribution in [0.4, 0.5) is 28.6 Å². The maximum atomic E-state index is 4.84. The molecule has 0 saturated heterocycles. The molecule has 4 aliphatic heterocycles. The number of rotatable bonds is 2. The van der Waals surface area contributed by atoms with Gasteiger partial charge < -0.3 is 19.6 Å². The number of benzene rings is 4. The van der Waals surface area contributed by atoms with E-state index in [2.05, 4.69) is 147 Å². The van der Waals surface area contributed by atoms with Crippen LogP contribution < -0.4 is 19.6 Å². The van der Waals surface area contributed by atoms with Gasteiger partial charge in [-0.15, -0.1) is 0 Å². The molecule has 0 aliphatic carbocycles. The molecule has 0 bridgehead atoms. The third-order valence-electron chi connectivity index (χ3n) is 9.88. The molecule has 5 aromatic rings. The predicted molar refractivity (Wildman–Crippen MR) is 179 cm³/mol. The first-order chi connectivity index (χ1) is 21.7. The summed E-state index contributed by atoms with van der Waals surface area (Å²) in [5.74, 6) is 1.30. The van der Waals surface area contributed by atoms with E-state index in [1.54, 1.807) is 6.33 Å². The van der Waals surface area contributed by atoms with Crippen molar-refractivity contribution in [2.24, 2.45) is 5.92 Å². The van der Waals surface area contributed by atoms with Gasteiger partial charge in [0.2, 0.25) is 0 Å². The molecule has 4 unspecified atom stereocenters. The fourth-order valence-corrected chi connectivity index (χ4v) is 8.13. The lowest BCUT2D eigenvalue weighted by molar-refractivity contribution is 0.285. The molecule has 44 heavy (non-hydrogen) atoms. The minimum absolute atomic E-state index is 0.00258. The second kappa shape index (κ2) is 9.58. The maximum Gasteiger partial charge on any atom is 0.157 e. The van der Waals surface area contributed by atoms with Crippen molar-refractivity contribution in [3.05, 3.63) is 151 Å². The number of anilines is 5. The van der Waals surface area contributed by atoms with Crippen LogP contribution in [0.2, 0.25) is 0 Å². The van der Waals surface area contributed by atoms with Crippen molar-refractivity contribution in [2.75, 3.05) is 26.6 Å². The van der Waals surface area contributed by atoms with E-state index in [9.17, 15) is 0 Å². The molecule has 4 atom stereocenters. The molecule has 9 rings (SSSR count). The van der Waals surface area contributed by atoms with E-state index in [0.717, 1.165) is 29.2 Å². The lowest BCUT2D eigenvalue weighted by atomic mass is 9.72. The second-order valence-corrected chi connectivity index (χ2v) is 12.1. The summed E-state index contributed by atoms with van der Waals surface area (Å²) < 4.78 is 0. The minimum Gasteiger partial charge on any atom is -0.337 e. The molecule has 6 nitrogen and oxygen atoms in total. The minimum atomic E-state index is -0.0171. The SMILES string of the molecule is C=C1CC2c3ccccc3N3C=C(c4ccccc4)N(c4ccccc4)C3C2C2N(C)c3ncncc3N2c2ccccc21. The number of hydrogen-bond donors (Lipinski definition) is 0. The summed E-state index contributed by atoms with van der Waals surface area (Å²) in [5, 5.41) is 0. The molecule has 1 aromatic heterocycles. The van der Waals surface area contributed by atoms with Gasteiger partial charge in [-0.1, -0.05) is 91.5 Å². The van der Waals surface area contributed by atoms with Crippen molar-refractivity contribution < 1.29 is 0 Å². The van der Waals surface area contributed by atoms with E-state index in [0.29, 0.717) is 0 Å². The summed E-state index contributed by atoms with van der Waals surface area (Å²) in [6.45, 7) is 4.72. The van der Waals surface area contributed by atoms with Crippen molar-refractivity contribution in [3.8, 4) is 0 Å². The van der Waals surface area contributed by atoms with Gasteiger partial charge in [-0.3, -0.25) is 0 Å². The van der Waals surface area contributed by atoms with Gasteiger partial charge in [0, 0.05) is 42.0 Å². The summed E-state index contributed by atoms with van der Waals surface area (Å²) in [4.78, 5) is 19.3. The highest BCUT2D eigenvalue weighted by Gasteiger charge is 2.56. The highest BCUT2D eigenvalue weighted by Crippen LogP contribution is 2.58. The average Bonchev–Trinajstić information content (AvgIpc) is 3.61. The Kier molecular flexibility index (Phi) is 5.48. The van der Waals surface area contributed by atoms with Gasteiger partial charge in [-0.25, -0.2) is 9.97 Å². The van der Waals surface area contributed by atoms with E-state index < -0.39 is 0 Å². The predicted octanol–water partition coefficient (Wildman–Crippen LogP) is 7.87. The molecule has 4 aliphatic rings. The van der Waals surface area contributed by atoms with Crippen LogP contribution in [0.5, 0.6) is 0 Å². The van der Waals surface area contributed by atoms with Crippen LogP contribution in [-0.4, -0.2) is 29.3 Å². The van der Waals surface area contributed by atoms with E-state index in [-0.39, 0.29) is 24.2 Å². The third kappa shape index (κ3) is 3.48. The van der Waals surface area contributed by atoms with Gasteiger partial charge in [0.15, 0.2) is 5.82 Å². The van der Waals surface area contributed by atoms with Crippen LogP contribution in [0.1, 0.15) is 29.0 Å². The van der Waals surface area contributed by atoms with Gasteiger partial charge in [0.05, 0.1) is 17.6 Å². The molecular formula is C38H32N6. The second-order valence-electron chi connectivity index (χ2n) is 12.1. The highest BCUT2D eigenvalue weighted by atomic mass is 15.5. The molecule has 0 N–H and O–H groups in total. The molecule has 0 radical (unpaired) electrons. The molecule has 0 fully saturated rings. The van der Waals surface area contributed by atoms with Crippen LogP contribution in [0.15, 0.2) is 134 Å². The molecule has 0 amide bonds. The Morgan fingerprint density at radius 3 is 2.25 bits per heavy atom. The van der Waals surface area contributed by atoms with Crippen LogP contribution in [0.3, 0.4) is 0 Å². The molecule has 0 spiro atoms. The Balaban J connectivity index is 1.33. The number of nitrogens with zero attached hydrogens (tertiary/aromatic N) is 6. The summed E-state index contributed by atoms with van der Waals surface area (Å²) in [5.41, 5.74) is 10.7. The smallest absolute Gasteiger partial charge is 0.157 e. The zero-order valence-corrected chi connectivity index (χ0v) is 24.5. The molecule has 6 heteroatoms. The van der Waals surface area contributed by atoms with Gasteiger partial charge >= 0.3 is 0 Å². The van der Waals surface area contributed by atoms with Crippen molar-refractivity contribution in [3.63, 3.8) is 0 Å². The van der Waals surface area contributed by atoms with E-state index in [1.807, 2.05) is 6.20 Å². The van der Waals surface area contributed by atoms with Gasteiger partial charge in [0.25, 0.3) is 0 Å². The van der Waals surface area contributed by atoms with E-state index in [4.69, 9.17) is 11.6 Å². The number of allylic oxidation sites excluding steroid dienone is 1. The number of hydrogen-bond acceptors (Lipinski definition) is 6. The first kappa shape index (κ1) is 25.2.